The Morgan fingerprint density at radius 1 is 0.643 bits per heavy atom. The van der Waals surface area contributed by atoms with Crippen molar-refractivity contribution in [2.75, 3.05) is 6.54 Å². The maximum Gasteiger partial charge on any atom is 0.242 e. The molecule has 0 radical (unpaired) electrons. The van der Waals surface area contributed by atoms with Crippen LogP contribution in [-0.4, -0.2) is 23.3 Å². The first-order valence-corrected chi connectivity index (χ1v) is 9.37. The zero-order valence-electron chi connectivity index (χ0n) is 15.8. The van der Waals surface area contributed by atoms with E-state index in [4.69, 9.17) is 0 Å². The van der Waals surface area contributed by atoms with Crippen molar-refractivity contribution in [2.24, 2.45) is 0 Å². The van der Waals surface area contributed by atoms with Gasteiger partial charge in [-0.1, -0.05) is 91.0 Å². The van der Waals surface area contributed by atoms with E-state index in [1.54, 1.807) is 4.90 Å². The maximum atomic E-state index is 12.8. The molecule has 0 bridgehead atoms. The summed E-state index contributed by atoms with van der Waals surface area (Å²) in [6.07, 6.45) is 0.269. The fourth-order valence-corrected chi connectivity index (χ4v) is 2.97. The van der Waals surface area contributed by atoms with Crippen LogP contribution in [0.4, 0.5) is 0 Å². The Balaban J connectivity index is 1.61. The summed E-state index contributed by atoms with van der Waals surface area (Å²) in [6.45, 7) is 0.998. The zero-order chi connectivity index (χ0) is 19.6. The van der Waals surface area contributed by atoms with Gasteiger partial charge in [0.15, 0.2) is 0 Å². The van der Waals surface area contributed by atoms with E-state index < -0.39 is 0 Å². The summed E-state index contributed by atoms with van der Waals surface area (Å²) < 4.78 is 0. The highest BCUT2D eigenvalue weighted by atomic mass is 16.2. The molecule has 4 heteroatoms. The molecule has 0 atom stereocenters. The quantitative estimate of drug-likeness (QED) is 0.657. The van der Waals surface area contributed by atoms with E-state index in [1.807, 2.05) is 91.0 Å². The first kappa shape index (κ1) is 19.4. The van der Waals surface area contributed by atoms with Crippen LogP contribution in [0.3, 0.4) is 0 Å². The molecule has 0 heterocycles. The largest absolute Gasteiger partial charge is 0.347 e. The summed E-state index contributed by atoms with van der Waals surface area (Å²) in [5.74, 6) is -0.256. The molecule has 0 unspecified atom stereocenters. The lowest BCUT2D eigenvalue weighted by Crippen LogP contribution is -2.40. The monoisotopic (exact) mass is 372 g/mol. The number of rotatable bonds is 8. The van der Waals surface area contributed by atoms with Crippen molar-refractivity contribution >= 4 is 11.8 Å². The minimum atomic E-state index is -0.154. The first-order chi connectivity index (χ1) is 13.7. The van der Waals surface area contributed by atoms with Gasteiger partial charge >= 0.3 is 0 Å². The van der Waals surface area contributed by atoms with Gasteiger partial charge < -0.3 is 10.2 Å². The van der Waals surface area contributed by atoms with E-state index in [-0.39, 0.29) is 24.8 Å². The lowest BCUT2D eigenvalue weighted by atomic mass is 10.1. The van der Waals surface area contributed by atoms with Gasteiger partial charge in [0.25, 0.3) is 0 Å². The van der Waals surface area contributed by atoms with Crippen molar-refractivity contribution in [1.82, 2.24) is 10.2 Å². The van der Waals surface area contributed by atoms with Crippen LogP contribution in [0.25, 0.3) is 0 Å². The Labute approximate surface area is 165 Å². The minimum Gasteiger partial charge on any atom is -0.347 e. The number of carbonyl (C=O) groups is 2. The van der Waals surface area contributed by atoms with Crippen LogP contribution in [0.15, 0.2) is 91.0 Å². The molecule has 0 fully saturated rings. The van der Waals surface area contributed by atoms with Gasteiger partial charge in [0.2, 0.25) is 11.8 Å². The zero-order valence-corrected chi connectivity index (χ0v) is 15.8. The lowest BCUT2D eigenvalue weighted by Gasteiger charge is -2.23. The fourth-order valence-electron chi connectivity index (χ4n) is 2.97. The molecule has 1 N–H and O–H groups in total. The third kappa shape index (κ3) is 6.09. The van der Waals surface area contributed by atoms with Gasteiger partial charge in [-0.25, -0.2) is 0 Å². The minimum absolute atomic E-state index is 0.00860. The third-order valence-electron chi connectivity index (χ3n) is 4.43. The van der Waals surface area contributed by atoms with Gasteiger partial charge in [-0.2, -0.15) is 0 Å². The van der Waals surface area contributed by atoms with Gasteiger partial charge in [0.05, 0.1) is 13.0 Å². The van der Waals surface area contributed by atoms with E-state index in [0.717, 1.165) is 16.7 Å². The molecular formula is C24H24N2O2. The Kier molecular flexibility index (Phi) is 6.96. The van der Waals surface area contributed by atoms with Crippen LogP contribution in [0, 0.1) is 0 Å². The fraction of sp³-hybridized carbons (Fsp3) is 0.167. The van der Waals surface area contributed by atoms with Crippen molar-refractivity contribution in [2.45, 2.75) is 19.5 Å². The molecular weight excluding hydrogens is 348 g/mol. The predicted octanol–water partition coefficient (Wildman–Crippen LogP) is 3.57. The summed E-state index contributed by atoms with van der Waals surface area (Å²) in [6, 6.07) is 29.3. The van der Waals surface area contributed by atoms with E-state index in [0.29, 0.717) is 13.1 Å². The highest BCUT2D eigenvalue weighted by Crippen LogP contribution is 2.10. The van der Waals surface area contributed by atoms with Crippen LogP contribution in [0.2, 0.25) is 0 Å². The Bertz CT molecular complexity index is 839. The summed E-state index contributed by atoms with van der Waals surface area (Å²) >= 11 is 0. The number of benzene rings is 3. The average molecular weight is 372 g/mol. The van der Waals surface area contributed by atoms with E-state index >= 15 is 0 Å². The predicted molar refractivity (Wildman–Crippen MR) is 110 cm³/mol. The van der Waals surface area contributed by atoms with Crippen LogP contribution >= 0.6 is 0 Å². The molecule has 0 aliphatic heterocycles. The van der Waals surface area contributed by atoms with Crippen molar-refractivity contribution in [3.8, 4) is 0 Å². The van der Waals surface area contributed by atoms with Crippen LogP contribution in [-0.2, 0) is 29.1 Å². The van der Waals surface area contributed by atoms with Crippen LogP contribution < -0.4 is 5.32 Å². The second kappa shape index (κ2) is 10.1. The third-order valence-corrected chi connectivity index (χ3v) is 4.43. The van der Waals surface area contributed by atoms with Gasteiger partial charge in [0.1, 0.15) is 0 Å². The second-order valence-corrected chi connectivity index (χ2v) is 6.66. The normalized spacial score (nSPS) is 10.3. The molecule has 0 spiro atoms. The number of hydrogen-bond acceptors (Lipinski definition) is 2. The number of amides is 2. The molecule has 0 aliphatic carbocycles. The molecule has 0 aromatic heterocycles. The smallest absolute Gasteiger partial charge is 0.242 e. The van der Waals surface area contributed by atoms with E-state index in [9.17, 15) is 9.59 Å². The first-order valence-electron chi connectivity index (χ1n) is 9.37. The highest BCUT2D eigenvalue weighted by Gasteiger charge is 2.16. The molecule has 3 rings (SSSR count). The molecule has 2 amide bonds. The summed E-state index contributed by atoms with van der Waals surface area (Å²) in [7, 11) is 0. The second-order valence-electron chi connectivity index (χ2n) is 6.66. The Morgan fingerprint density at radius 2 is 1.07 bits per heavy atom. The van der Waals surface area contributed by atoms with Crippen molar-refractivity contribution in [3.05, 3.63) is 108 Å². The topological polar surface area (TPSA) is 49.4 Å². The van der Waals surface area contributed by atoms with E-state index in [1.165, 1.54) is 0 Å². The molecule has 4 nitrogen and oxygen atoms in total. The lowest BCUT2D eigenvalue weighted by molar-refractivity contribution is -0.133. The van der Waals surface area contributed by atoms with Gasteiger partial charge in [0, 0.05) is 13.1 Å². The number of nitrogens with zero attached hydrogens (tertiary/aromatic N) is 1. The summed E-state index contributed by atoms with van der Waals surface area (Å²) in [5, 5.41) is 2.75. The Hall–Kier alpha value is -3.40. The Morgan fingerprint density at radius 3 is 1.54 bits per heavy atom. The standard InChI is InChI=1S/C24H24N2O2/c27-23(16-20-10-4-1-5-11-20)25-17-24(28)26(18-21-12-6-2-7-13-21)19-22-14-8-3-9-15-22/h1-15H,16-19H2,(H,25,27). The maximum absolute atomic E-state index is 12.8. The molecule has 0 aliphatic rings. The number of hydrogen-bond donors (Lipinski definition) is 1. The molecule has 142 valence electrons. The van der Waals surface area contributed by atoms with Crippen LogP contribution in [0.1, 0.15) is 16.7 Å². The van der Waals surface area contributed by atoms with Crippen molar-refractivity contribution in [3.63, 3.8) is 0 Å². The molecule has 3 aromatic carbocycles. The number of nitrogens with one attached hydrogen (secondary N) is 1. The van der Waals surface area contributed by atoms with Crippen LogP contribution in [0.5, 0.6) is 0 Å². The number of carbonyl (C=O) groups excluding carboxylic acids is 2. The van der Waals surface area contributed by atoms with Gasteiger partial charge in [-0.3, -0.25) is 9.59 Å². The summed E-state index contributed by atoms with van der Waals surface area (Å²) in [5.41, 5.74) is 3.04. The molecule has 0 saturated heterocycles. The van der Waals surface area contributed by atoms with Crippen molar-refractivity contribution < 1.29 is 9.59 Å². The summed E-state index contributed by atoms with van der Waals surface area (Å²) in [4.78, 5) is 26.8. The van der Waals surface area contributed by atoms with Crippen molar-refractivity contribution in [1.29, 1.82) is 0 Å². The van der Waals surface area contributed by atoms with Gasteiger partial charge in [-0.15, -0.1) is 0 Å². The highest BCUT2D eigenvalue weighted by molar-refractivity contribution is 5.85. The SMILES string of the molecule is O=C(Cc1ccccc1)NCC(=O)N(Cc1ccccc1)Cc1ccccc1. The van der Waals surface area contributed by atoms with E-state index in [2.05, 4.69) is 5.32 Å². The molecule has 0 saturated carbocycles. The molecule has 28 heavy (non-hydrogen) atoms. The average Bonchev–Trinajstić information content (AvgIpc) is 2.74. The van der Waals surface area contributed by atoms with Gasteiger partial charge in [-0.05, 0) is 16.7 Å². The molecule has 3 aromatic rings.